The van der Waals surface area contributed by atoms with Crippen molar-refractivity contribution >= 4 is 23.5 Å². The molecule has 6 nitrogen and oxygen atoms in total. The summed E-state index contributed by atoms with van der Waals surface area (Å²) in [4.78, 5) is 39.0. The van der Waals surface area contributed by atoms with Crippen LogP contribution in [0.4, 0.5) is 5.69 Å². The average Bonchev–Trinajstić information content (AvgIpc) is 3.22. The predicted molar refractivity (Wildman–Crippen MR) is 99.6 cm³/mol. The summed E-state index contributed by atoms with van der Waals surface area (Å²) in [6.45, 7) is 1.54. The third-order valence-electron chi connectivity index (χ3n) is 4.95. The molecule has 2 aliphatic rings. The van der Waals surface area contributed by atoms with Crippen molar-refractivity contribution in [2.24, 2.45) is 0 Å². The smallest absolute Gasteiger partial charge is 0.339 e. The van der Waals surface area contributed by atoms with Crippen molar-refractivity contribution in [2.45, 2.75) is 25.4 Å². The van der Waals surface area contributed by atoms with Crippen molar-refractivity contribution in [3.05, 3.63) is 65.2 Å². The first-order valence-corrected chi connectivity index (χ1v) is 9.11. The van der Waals surface area contributed by atoms with Crippen molar-refractivity contribution in [2.75, 3.05) is 18.4 Å². The van der Waals surface area contributed by atoms with Gasteiger partial charge in [0.15, 0.2) is 6.10 Å². The molecule has 0 radical (unpaired) electrons. The van der Waals surface area contributed by atoms with Crippen LogP contribution in [-0.2, 0) is 16.0 Å². The van der Waals surface area contributed by atoms with Gasteiger partial charge in [0.05, 0.1) is 5.56 Å². The molecule has 0 bridgehead atoms. The first kappa shape index (κ1) is 17.3. The molecular weight excluding hydrogens is 344 g/mol. The van der Waals surface area contributed by atoms with E-state index in [1.165, 1.54) is 0 Å². The minimum atomic E-state index is -0.884. The van der Waals surface area contributed by atoms with Gasteiger partial charge in [-0.15, -0.1) is 0 Å². The van der Waals surface area contributed by atoms with Gasteiger partial charge in [0.1, 0.15) is 0 Å². The topological polar surface area (TPSA) is 75.7 Å². The van der Waals surface area contributed by atoms with E-state index in [4.69, 9.17) is 4.74 Å². The van der Waals surface area contributed by atoms with E-state index in [2.05, 4.69) is 5.32 Å². The van der Waals surface area contributed by atoms with Gasteiger partial charge >= 0.3 is 5.97 Å². The van der Waals surface area contributed by atoms with Gasteiger partial charge in [-0.05, 0) is 42.7 Å². The lowest BCUT2D eigenvalue weighted by atomic mass is 9.98. The molecule has 4 rings (SSSR count). The number of nitrogens with zero attached hydrogens (tertiary/aromatic N) is 1. The van der Waals surface area contributed by atoms with Crippen LogP contribution in [0.2, 0.25) is 0 Å². The molecule has 1 atom stereocenters. The number of fused-ring (bicyclic) bond motifs is 1. The molecule has 27 heavy (non-hydrogen) atoms. The largest absolute Gasteiger partial charge is 0.448 e. The molecule has 0 aromatic heterocycles. The van der Waals surface area contributed by atoms with Gasteiger partial charge in [0.25, 0.3) is 11.8 Å². The average molecular weight is 364 g/mol. The fourth-order valence-electron chi connectivity index (χ4n) is 3.53. The molecule has 2 aliphatic heterocycles. The molecule has 0 saturated carbocycles. The Morgan fingerprint density at radius 3 is 2.63 bits per heavy atom. The molecule has 2 aromatic rings. The highest BCUT2D eigenvalue weighted by atomic mass is 16.5. The number of rotatable bonds is 3. The Morgan fingerprint density at radius 1 is 1.04 bits per heavy atom. The zero-order valence-corrected chi connectivity index (χ0v) is 14.8. The van der Waals surface area contributed by atoms with E-state index in [1.807, 2.05) is 17.0 Å². The fraction of sp³-hybridized carbons (Fsp3) is 0.286. The van der Waals surface area contributed by atoms with Gasteiger partial charge in [0, 0.05) is 30.8 Å². The SMILES string of the molecule is O=C1OC(C(=O)Nc2cccc(C(=O)N3CCCC3)c2)Cc2ccccc21. The molecule has 138 valence electrons. The van der Waals surface area contributed by atoms with Gasteiger partial charge in [-0.1, -0.05) is 24.3 Å². The number of ether oxygens (including phenoxy) is 1. The predicted octanol–water partition coefficient (Wildman–Crippen LogP) is 2.64. The Balaban J connectivity index is 1.46. The number of likely N-dealkylation sites (tertiary alicyclic amines) is 1. The summed E-state index contributed by atoms with van der Waals surface area (Å²) in [5.74, 6) is -0.916. The highest BCUT2D eigenvalue weighted by Crippen LogP contribution is 2.22. The molecule has 2 aromatic carbocycles. The summed E-state index contributed by atoms with van der Waals surface area (Å²) >= 11 is 0. The van der Waals surface area contributed by atoms with E-state index in [0.717, 1.165) is 31.5 Å². The number of nitrogens with one attached hydrogen (secondary N) is 1. The van der Waals surface area contributed by atoms with Gasteiger partial charge in [-0.25, -0.2) is 4.79 Å². The minimum Gasteiger partial charge on any atom is -0.448 e. The van der Waals surface area contributed by atoms with Crippen LogP contribution < -0.4 is 5.32 Å². The van der Waals surface area contributed by atoms with Crippen LogP contribution >= 0.6 is 0 Å². The van der Waals surface area contributed by atoms with E-state index in [9.17, 15) is 14.4 Å². The molecule has 1 N–H and O–H groups in total. The molecule has 0 spiro atoms. The summed E-state index contributed by atoms with van der Waals surface area (Å²) in [7, 11) is 0. The minimum absolute atomic E-state index is 0.0263. The second-order valence-electron chi connectivity index (χ2n) is 6.82. The van der Waals surface area contributed by atoms with E-state index in [1.54, 1.807) is 36.4 Å². The Hall–Kier alpha value is -3.15. The standard InChI is InChI=1S/C21H20N2O4/c24-19(18-13-14-6-1-2-9-17(14)21(26)27-18)22-16-8-5-7-15(12-16)20(25)23-10-3-4-11-23/h1-2,5-9,12,18H,3-4,10-11,13H2,(H,22,24). The molecule has 0 aliphatic carbocycles. The zero-order valence-electron chi connectivity index (χ0n) is 14.8. The van der Waals surface area contributed by atoms with Crippen molar-refractivity contribution in [3.63, 3.8) is 0 Å². The lowest BCUT2D eigenvalue weighted by Gasteiger charge is -2.24. The van der Waals surface area contributed by atoms with Crippen LogP contribution in [-0.4, -0.2) is 41.9 Å². The maximum Gasteiger partial charge on any atom is 0.339 e. The zero-order chi connectivity index (χ0) is 18.8. The van der Waals surface area contributed by atoms with Gasteiger partial charge in [0.2, 0.25) is 0 Å². The Morgan fingerprint density at radius 2 is 1.81 bits per heavy atom. The molecule has 1 fully saturated rings. The van der Waals surface area contributed by atoms with E-state index < -0.39 is 18.0 Å². The number of benzene rings is 2. The van der Waals surface area contributed by atoms with Crippen LogP contribution in [0.3, 0.4) is 0 Å². The Bertz CT molecular complexity index is 903. The number of hydrogen-bond donors (Lipinski definition) is 1. The molecule has 1 unspecified atom stereocenters. The summed E-state index contributed by atoms with van der Waals surface area (Å²) in [6, 6.07) is 14.0. The van der Waals surface area contributed by atoms with Crippen molar-refractivity contribution in [1.82, 2.24) is 4.90 Å². The van der Waals surface area contributed by atoms with Crippen molar-refractivity contribution in [3.8, 4) is 0 Å². The summed E-state index contributed by atoms with van der Waals surface area (Å²) in [5, 5.41) is 2.76. The second-order valence-corrected chi connectivity index (χ2v) is 6.82. The van der Waals surface area contributed by atoms with Gasteiger partial charge in [-0.2, -0.15) is 0 Å². The van der Waals surface area contributed by atoms with Crippen LogP contribution in [0.15, 0.2) is 48.5 Å². The normalized spacial score (nSPS) is 18.6. The molecule has 2 heterocycles. The van der Waals surface area contributed by atoms with E-state index >= 15 is 0 Å². The van der Waals surface area contributed by atoms with Gasteiger partial charge < -0.3 is 15.0 Å². The number of carbonyl (C=O) groups is 3. The molecule has 2 amide bonds. The van der Waals surface area contributed by atoms with Crippen LogP contribution in [0.5, 0.6) is 0 Å². The third-order valence-corrected chi connectivity index (χ3v) is 4.95. The quantitative estimate of drug-likeness (QED) is 0.850. The van der Waals surface area contributed by atoms with Crippen LogP contribution in [0.25, 0.3) is 0 Å². The first-order valence-electron chi connectivity index (χ1n) is 9.11. The maximum absolute atomic E-state index is 12.6. The van der Waals surface area contributed by atoms with Gasteiger partial charge in [-0.3, -0.25) is 9.59 Å². The van der Waals surface area contributed by atoms with Crippen LogP contribution in [0, 0.1) is 0 Å². The lowest BCUT2D eigenvalue weighted by molar-refractivity contribution is -0.125. The fourth-order valence-corrected chi connectivity index (χ4v) is 3.53. The number of amides is 2. The number of anilines is 1. The molecule has 1 saturated heterocycles. The third kappa shape index (κ3) is 3.56. The highest BCUT2D eigenvalue weighted by molar-refractivity contribution is 6.01. The molecular formula is C21H20N2O4. The highest BCUT2D eigenvalue weighted by Gasteiger charge is 2.31. The molecule has 6 heteroatoms. The lowest BCUT2D eigenvalue weighted by Crippen LogP contribution is -2.38. The monoisotopic (exact) mass is 364 g/mol. The Labute approximate surface area is 157 Å². The number of cyclic esters (lactones) is 1. The van der Waals surface area contributed by atoms with E-state index in [-0.39, 0.29) is 5.91 Å². The summed E-state index contributed by atoms with van der Waals surface area (Å²) in [6.07, 6.45) is 1.50. The van der Waals surface area contributed by atoms with Crippen LogP contribution in [0.1, 0.15) is 39.1 Å². The van der Waals surface area contributed by atoms with Crippen molar-refractivity contribution in [1.29, 1.82) is 0 Å². The maximum atomic E-state index is 12.6. The number of carbonyl (C=O) groups excluding carboxylic acids is 3. The number of hydrogen-bond acceptors (Lipinski definition) is 4. The Kier molecular flexibility index (Phi) is 4.62. The van der Waals surface area contributed by atoms with Crippen molar-refractivity contribution < 1.29 is 19.1 Å². The summed E-state index contributed by atoms with van der Waals surface area (Å²) in [5.41, 5.74) is 2.35. The number of esters is 1. The second kappa shape index (κ2) is 7.23. The first-order chi connectivity index (χ1) is 13.1. The summed E-state index contributed by atoms with van der Waals surface area (Å²) < 4.78 is 5.28. The van der Waals surface area contributed by atoms with E-state index in [0.29, 0.717) is 23.2 Å².